The molecule has 24 heavy (non-hydrogen) atoms. The predicted octanol–water partition coefficient (Wildman–Crippen LogP) is 2.55. The molecule has 126 valence electrons. The van der Waals surface area contributed by atoms with Crippen molar-refractivity contribution in [1.82, 2.24) is 9.97 Å². The van der Waals surface area contributed by atoms with Gasteiger partial charge in [-0.3, -0.25) is 10.3 Å². The molecule has 0 saturated carbocycles. The second-order valence-electron chi connectivity index (χ2n) is 5.28. The molecule has 0 spiro atoms. The maximum absolute atomic E-state index is 11.9. The third-order valence-electron chi connectivity index (χ3n) is 3.70. The molecule has 0 bridgehead atoms. The number of rotatable bonds is 4. The summed E-state index contributed by atoms with van der Waals surface area (Å²) in [6.45, 7) is 4.85. The van der Waals surface area contributed by atoms with E-state index in [0.717, 1.165) is 30.0 Å². The fourth-order valence-corrected chi connectivity index (χ4v) is 2.56. The quantitative estimate of drug-likeness (QED) is 0.929. The number of nitrogens with one attached hydrogen (secondary N) is 1. The number of morpholine rings is 1. The summed E-state index contributed by atoms with van der Waals surface area (Å²) >= 11 is 0. The normalized spacial score (nSPS) is 14.3. The molecule has 2 aromatic heterocycles. The largest absolute Gasteiger partial charge is 0.450 e. The number of ether oxygens (including phenoxy) is 2. The molecule has 1 aliphatic rings. The van der Waals surface area contributed by atoms with Crippen LogP contribution in [0.25, 0.3) is 11.1 Å². The third kappa shape index (κ3) is 3.80. The van der Waals surface area contributed by atoms with E-state index in [1.165, 1.54) is 0 Å². The van der Waals surface area contributed by atoms with Crippen LogP contribution in [0.2, 0.25) is 0 Å². The molecule has 0 aliphatic carbocycles. The average Bonchev–Trinajstić information content (AvgIpc) is 2.63. The first-order valence-corrected chi connectivity index (χ1v) is 7.95. The summed E-state index contributed by atoms with van der Waals surface area (Å²) in [6, 6.07) is 5.71. The zero-order valence-corrected chi connectivity index (χ0v) is 13.6. The Hall–Kier alpha value is -2.67. The Morgan fingerprint density at radius 2 is 2.04 bits per heavy atom. The van der Waals surface area contributed by atoms with Crippen LogP contribution in [-0.4, -0.2) is 49.0 Å². The summed E-state index contributed by atoms with van der Waals surface area (Å²) in [7, 11) is 0. The molecule has 1 N–H and O–H groups in total. The smallest absolute Gasteiger partial charge is 0.411 e. The number of aromatic nitrogens is 2. The van der Waals surface area contributed by atoms with Crippen LogP contribution in [0.15, 0.2) is 36.8 Å². The lowest BCUT2D eigenvalue weighted by molar-refractivity contribution is 0.122. The molecular weight excluding hydrogens is 308 g/mol. The number of hydrogen-bond donors (Lipinski definition) is 1. The van der Waals surface area contributed by atoms with Gasteiger partial charge in [0.05, 0.1) is 25.5 Å². The Morgan fingerprint density at radius 1 is 1.29 bits per heavy atom. The molecular formula is C17H20N4O3. The lowest BCUT2D eigenvalue weighted by atomic mass is 10.1. The van der Waals surface area contributed by atoms with Crippen molar-refractivity contribution in [2.75, 3.05) is 43.1 Å². The van der Waals surface area contributed by atoms with Crippen molar-refractivity contribution in [3.63, 3.8) is 0 Å². The average molecular weight is 328 g/mol. The summed E-state index contributed by atoms with van der Waals surface area (Å²) in [4.78, 5) is 22.6. The molecule has 1 saturated heterocycles. The highest BCUT2D eigenvalue weighted by Crippen LogP contribution is 2.29. The molecule has 0 aromatic carbocycles. The van der Waals surface area contributed by atoms with Crippen molar-refractivity contribution < 1.29 is 14.3 Å². The first-order valence-electron chi connectivity index (χ1n) is 7.95. The summed E-state index contributed by atoms with van der Waals surface area (Å²) in [6.07, 6.45) is 4.77. The molecule has 0 atom stereocenters. The second-order valence-corrected chi connectivity index (χ2v) is 5.28. The molecule has 1 aliphatic heterocycles. The Labute approximate surface area is 140 Å². The van der Waals surface area contributed by atoms with Crippen LogP contribution < -0.4 is 10.2 Å². The van der Waals surface area contributed by atoms with Gasteiger partial charge >= 0.3 is 6.09 Å². The Kier molecular flexibility index (Phi) is 5.22. The summed E-state index contributed by atoms with van der Waals surface area (Å²) in [5, 5.41) is 2.80. The zero-order chi connectivity index (χ0) is 16.8. The van der Waals surface area contributed by atoms with E-state index in [4.69, 9.17) is 9.47 Å². The highest BCUT2D eigenvalue weighted by Gasteiger charge is 2.18. The van der Waals surface area contributed by atoms with Gasteiger partial charge in [0, 0.05) is 37.2 Å². The maximum atomic E-state index is 11.9. The van der Waals surface area contributed by atoms with Crippen molar-refractivity contribution >= 4 is 17.6 Å². The molecule has 7 heteroatoms. The fourth-order valence-electron chi connectivity index (χ4n) is 2.56. The van der Waals surface area contributed by atoms with Gasteiger partial charge in [-0.15, -0.1) is 0 Å². The first kappa shape index (κ1) is 16.2. The van der Waals surface area contributed by atoms with E-state index in [1.807, 2.05) is 18.2 Å². The van der Waals surface area contributed by atoms with E-state index in [2.05, 4.69) is 20.2 Å². The molecule has 3 rings (SSSR count). The lowest BCUT2D eigenvalue weighted by Crippen LogP contribution is -2.37. The molecule has 0 unspecified atom stereocenters. The number of pyridine rings is 2. The number of nitrogens with zero attached hydrogens (tertiary/aromatic N) is 3. The number of hydrogen-bond acceptors (Lipinski definition) is 6. The minimum atomic E-state index is -0.485. The van der Waals surface area contributed by atoms with E-state index >= 15 is 0 Å². The fraction of sp³-hybridized carbons (Fsp3) is 0.353. The van der Waals surface area contributed by atoms with Gasteiger partial charge in [-0.25, -0.2) is 9.78 Å². The lowest BCUT2D eigenvalue weighted by Gasteiger charge is -2.29. The van der Waals surface area contributed by atoms with E-state index in [1.54, 1.807) is 25.5 Å². The molecule has 1 amide bonds. The van der Waals surface area contributed by atoms with Crippen LogP contribution in [-0.2, 0) is 9.47 Å². The van der Waals surface area contributed by atoms with Gasteiger partial charge in [0.1, 0.15) is 0 Å². The van der Waals surface area contributed by atoms with Crippen LogP contribution in [0.3, 0.4) is 0 Å². The van der Waals surface area contributed by atoms with E-state index in [9.17, 15) is 4.79 Å². The molecule has 1 fully saturated rings. The van der Waals surface area contributed by atoms with Crippen molar-refractivity contribution in [2.24, 2.45) is 0 Å². The third-order valence-corrected chi connectivity index (χ3v) is 3.70. The standard InChI is InChI=1S/C17H20N4O3/c1-2-24-17(22)20-15-11-14(13-3-5-18-6-4-13)12-19-16(15)21-7-9-23-10-8-21/h3-6,11-12H,2,7-10H2,1H3,(H,20,22). The van der Waals surface area contributed by atoms with Crippen LogP contribution in [0.1, 0.15) is 6.92 Å². The van der Waals surface area contributed by atoms with Crippen LogP contribution in [0.4, 0.5) is 16.3 Å². The number of amides is 1. The molecule has 0 radical (unpaired) electrons. The second kappa shape index (κ2) is 7.74. The van der Waals surface area contributed by atoms with Crippen molar-refractivity contribution in [2.45, 2.75) is 6.92 Å². The topological polar surface area (TPSA) is 76.6 Å². The van der Waals surface area contributed by atoms with E-state index in [0.29, 0.717) is 25.5 Å². The van der Waals surface area contributed by atoms with Gasteiger partial charge in [0.2, 0.25) is 0 Å². The maximum Gasteiger partial charge on any atom is 0.411 e. The predicted molar refractivity (Wildman–Crippen MR) is 91.1 cm³/mol. The molecule has 2 aromatic rings. The van der Waals surface area contributed by atoms with Crippen molar-refractivity contribution in [3.8, 4) is 11.1 Å². The van der Waals surface area contributed by atoms with Gasteiger partial charge in [-0.05, 0) is 30.7 Å². The Balaban J connectivity index is 1.93. The minimum absolute atomic E-state index is 0.316. The first-order chi connectivity index (χ1) is 11.8. The van der Waals surface area contributed by atoms with Crippen LogP contribution in [0, 0.1) is 0 Å². The Bertz CT molecular complexity index is 687. The van der Waals surface area contributed by atoms with Gasteiger partial charge in [-0.2, -0.15) is 0 Å². The monoisotopic (exact) mass is 328 g/mol. The van der Waals surface area contributed by atoms with Crippen LogP contribution in [0.5, 0.6) is 0 Å². The van der Waals surface area contributed by atoms with Crippen molar-refractivity contribution in [1.29, 1.82) is 0 Å². The number of carbonyl (C=O) groups excluding carboxylic acids is 1. The highest BCUT2D eigenvalue weighted by molar-refractivity contribution is 5.90. The summed E-state index contributed by atoms with van der Waals surface area (Å²) < 4.78 is 10.4. The molecule has 7 nitrogen and oxygen atoms in total. The van der Waals surface area contributed by atoms with Gasteiger partial charge in [-0.1, -0.05) is 0 Å². The Morgan fingerprint density at radius 3 is 2.75 bits per heavy atom. The summed E-state index contributed by atoms with van der Waals surface area (Å²) in [5.74, 6) is 0.726. The SMILES string of the molecule is CCOC(=O)Nc1cc(-c2ccncc2)cnc1N1CCOCC1. The summed E-state index contributed by atoms with van der Waals surface area (Å²) in [5.41, 5.74) is 2.52. The van der Waals surface area contributed by atoms with Gasteiger partial charge in [0.15, 0.2) is 5.82 Å². The minimum Gasteiger partial charge on any atom is -0.450 e. The van der Waals surface area contributed by atoms with Gasteiger partial charge < -0.3 is 14.4 Å². The van der Waals surface area contributed by atoms with Crippen LogP contribution >= 0.6 is 0 Å². The number of carbonyl (C=O) groups is 1. The van der Waals surface area contributed by atoms with E-state index < -0.39 is 6.09 Å². The zero-order valence-electron chi connectivity index (χ0n) is 13.6. The number of anilines is 2. The van der Waals surface area contributed by atoms with E-state index in [-0.39, 0.29) is 0 Å². The van der Waals surface area contributed by atoms with Gasteiger partial charge in [0.25, 0.3) is 0 Å². The highest BCUT2D eigenvalue weighted by atomic mass is 16.5. The van der Waals surface area contributed by atoms with Crippen molar-refractivity contribution in [3.05, 3.63) is 36.8 Å². The molecule has 3 heterocycles.